The van der Waals surface area contributed by atoms with Crippen LogP contribution in [0.15, 0.2) is 90.0 Å². The number of tetrazole rings is 1. The van der Waals surface area contributed by atoms with Crippen molar-refractivity contribution in [3.8, 4) is 16.9 Å². The summed E-state index contributed by atoms with van der Waals surface area (Å²) in [5.74, 6) is 1.38. The lowest BCUT2D eigenvalue weighted by Gasteiger charge is -2.26. The minimum Gasteiger partial charge on any atom is -0.487 e. The first-order valence-electron chi connectivity index (χ1n) is 15.3. The van der Waals surface area contributed by atoms with Crippen molar-refractivity contribution in [1.82, 2.24) is 30.2 Å². The van der Waals surface area contributed by atoms with Gasteiger partial charge in [-0.3, -0.25) is 4.98 Å². The molecule has 7 nitrogen and oxygen atoms in total. The second-order valence-corrected chi connectivity index (χ2v) is 14.0. The number of hydrogen-bond acceptors (Lipinski definition) is 6. The van der Waals surface area contributed by atoms with Crippen molar-refractivity contribution in [3.63, 3.8) is 0 Å². The van der Waals surface area contributed by atoms with Crippen molar-refractivity contribution >= 4 is 22.7 Å². The van der Waals surface area contributed by atoms with E-state index in [4.69, 9.17) is 9.72 Å². The molecule has 6 aromatic rings. The van der Waals surface area contributed by atoms with E-state index >= 15 is 0 Å². The van der Waals surface area contributed by atoms with Crippen LogP contribution in [0.5, 0.6) is 5.75 Å². The molecule has 3 aromatic heterocycles. The van der Waals surface area contributed by atoms with Gasteiger partial charge in [-0.05, 0) is 59.7 Å². The third-order valence-electron chi connectivity index (χ3n) is 8.40. The maximum absolute atomic E-state index is 13.8. The third-order valence-corrected chi connectivity index (χ3v) is 9.64. The summed E-state index contributed by atoms with van der Waals surface area (Å²) in [4.78, 5) is 6.00. The quantitative estimate of drug-likeness (QED) is 0.169. The van der Waals surface area contributed by atoms with E-state index in [0.717, 1.165) is 41.0 Å². The van der Waals surface area contributed by atoms with Gasteiger partial charge in [0.1, 0.15) is 18.2 Å². The Balaban J connectivity index is 1.24. The Morgan fingerprint density at radius 2 is 1.80 bits per heavy atom. The highest BCUT2D eigenvalue weighted by atomic mass is 32.2. The Kier molecular flexibility index (Phi) is 7.87. The highest BCUT2D eigenvalue weighted by Crippen LogP contribution is 2.48. The fourth-order valence-electron chi connectivity index (χ4n) is 6.29. The number of ether oxygens (including phenoxy) is 1. The summed E-state index contributed by atoms with van der Waals surface area (Å²) < 4.78 is 22.7. The number of pyridine rings is 1. The van der Waals surface area contributed by atoms with Crippen LogP contribution in [-0.4, -0.2) is 35.4 Å². The van der Waals surface area contributed by atoms with Crippen LogP contribution < -0.4 is 4.74 Å². The standard InChI is InChI=1S/C36H35FN6OS/c1-23-17-29-32(44-22-28-14-11-26(20-38-28)25-7-5-4-6-8-25)16-15-30-34(29)35(45-23)31(18-36(2,3)19-33-39-41-42-40-33)43(30)21-24-9-12-27(37)13-10-24/h4-16,20,23H,17-19,21-22H2,1-3H3,(H,39,40,41,42). The van der Waals surface area contributed by atoms with Crippen molar-refractivity contribution < 1.29 is 9.13 Å². The van der Waals surface area contributed by atoms with E-state index in [1.165, 1.54) is 39.2 Å². The van der Waals surface area contributed by atoms with Crippen LogP contribution in [0.1, 0.15) is 49.1 Å². The van der Waals surface area contributed by atoms with Crippen LogP contribution in [0.25, 0.3) is 22.0 Å². The number of benzene rings is 3. The molecule has 0 aliphatic carbocycles. The number of halogens is 1. The van der Waals surface area contributed by atoms with Gasteiger partial charge in [0, 0.05) is 51.5 Å². The van der Waals surface area contributed by atoms with E-state index in [-0.39, 0.29) is 11.2 Å². The molecular weight excluding hydrogens is 584 g/mol. The van der Waals surface area contributed by atoms with Crippen LogP contribution in [-0.2, 0) is 32.4 Å². The van der Waals surface area contributed by atoms with Gasteiger partial charge in [-0.2, -0.15) is 5.21 Å². The molecule has 45 heavy (non-hydrogen) atoms. The summed E-state index contributed by atoms with van der Waals surface area (Å²) >= 11 is 1.94. The molecule has 0 spiro atoms. The smallest absolute Gasteiger partial charge is 0.175 e. The van der Waals surface area contributed by atoms with Crippen molar-refractivity contribution in [1.29, 1.82) is 0 Å². The van der Waals surface area contributed by atoms with Crippen LogP contribution in [0.4, 0.5) is 4.39 Å². The summed E-state index contributed by atoms with van der Waals surface area (Å²) in [6, 6.07) is 25.5. The molecular formula is C36H35FN6OS. The number of nitrogens with one attached hydrogen (secondary N) is 1. The summed E-state index contributed by atoms with van der Waals surface area (Å²) in [6.07, 6.45) is 4.34. The van der Waals surface area contributed by atoms with Crippen molar-refractivity contribution in [2.45, 2.75) is 63.3 Å². The molecule has 1 aliphatic heterocycles. The highest BCUT2D eigenvalue weighted by molar-refractivity contribution is 8.00. The number of nitrogens with zero attached hydrogens (tertiary/aromatic N) is 5. The minimum absolute atomic E-state index is 0.131. The third kappa shape index (κ3) is 6.22. The molecule has 228 valence electrons. The van der Waals surface area contributed by atoms with Gasteiger partial charge in [0.25, 0.3) is 0 Å². The molecule has 0 saturated carbocycles. The van der Waals surface area contributed by atoms with Gasteiger partial charge in [0.2, 0.25) is 0 Å². The Morgan fingerprint density at radius 3 is 2.53 bits per heavy atom. The van der Waals surface area contributed by atoms with E-state index in [0.29, 0.717) is 30.6 Å². The summed E-state index contributed by atoms with van der Waals surface area (Å²) in [5.41, 5.74) is 7.73. The monoisotopic (exact) mass is 618 g/mol. The molecule has 0 bridgehead atoms. The first-order chi connectivity index (χ1) is 21.8. The summed E-state index contributed by atoms with van der Waals surface area (Å²) in [7, 11) is 0. The maximum atomic E-state index is 13.8. The Morgan fingerprint density at radius 1 is 0.978 bits per heavy atom. The van der Waals surface area contributed by atoms with Crippen LogP contribution in [0.2, 0.25) is 0 Å². The van der Waals surface area contributed by atoms with Crippen LogP contribution in [0, 0.1) is 11.2 Å². The molecule has 3 aromatic carbocycles. The molecule has 4 heterocycles. The van der Waals surface area contributed by atoms with E-state index < -0.39 is 0 Å². The number of aromatic nitrogens is 6. The number of aromatic amines is 1. The predicted molar refractivity (Wildman–Crippen MR) is 176 cm³/mol. The number of rotatable bonds is 10. The zero-order valence-electron chi connectivity index (χ0n) is 25.6. The fraction of sp³-hybridized carbons (Fsp3) is 0.278. The lowest BCUT2D eigenvalue weighted by Crippen LogP contribution is -2.22. The van der Waals surface area contributed by atoms with Gasteiger partial charge in [0.15, 0.2) is 5.82 Å². The second-order valence-electron chi connectivity index (χ2n) is 12.6. The Hall–Kier alpha value is -4.50. The topological polar surface area (TPSA) is 81.5 Å². The SMILES string of the molecule is CC1Cc2c(OCc3ccc(-c4ccccc4)cn3)ccc3c2c(c(CC(C)(C)Cc2nn[nH]n2)n3Cc2ccc(F)cc2)S1. The number of thioether (sulfide) groups is 1. The Labute approximate surface area is 266 Å². The second kappa shape index (κ2) is 12.1. The van der Waals surface area contributed by atoms with E-state index in [9.17, 15) is 4.39 Å². The molecule has 1 aliphatic rings. The lowest BCUT2D eigenvalue weighted by molar-refractivity contribution is 0.298. The molecule has 1 N–H and O–H groups in total. The van der Waals surface area contributed by atoms with Gasteiger partial charge in [-0.25, -0.2) is 4.39 Å². The average Bonchev–Trinajstić information content (AvgIpc) is 3.64. The van der Waals surface area contributed by atoms with Gasteiger partial charge < -0.3 is 9.30 Å². The van der Waals surface area contributed by atoms with Crippen molar-refractivity contribution in [3.05, 3.63) is 119 Å². The zero-order chi connectivity index (χ0) is 31.0. The average molecular weight is 619 g/mol. The molecule has 0 fully saturated rings. The number of H-pyrrole nitrogens is 1. The maximum Gasteiger partial charge on any atom is 0.175 e. The number of hydrogen-bond donors (Lipinski definition) is 1. The largest absolute Gasteiger partial charge is 0.487 e. The van der Waals surface area contributed by atoms with Gasteiger partial charge >= 0.3 is 0 Å². The molecule has 0 amide bonds. The molecule has 1 unspecified atom stereocenters. The normalized spacial score (nSPS) is 14.6. The summed E-state index contributed by atoms with van der Waals surface area (Å²) in [6.45, 7) is 7.82. The van der Waals surface area contributed by atoms with Crippen molar-refractivity contribution in [2.75, 3.05) is 0 Å². The lowest BCUT2D eigenvalue weighted by atomic mass is 9.84. The molecule has 0 saturated heterocycles. The van der Waals surface area contributed by atoms with Crippen LogP contribution in [0.3, 0.4) is 0 Å². The first kappa shape index (κ1) is 29.2. The predicted octanol–water partition coefficient (Wildman–Crippen LogP) is 7.83. The summed E-state index contributed by atoms with van der Waals surface area (Å²) in [5, 5.41) is 16.4. The van der Waals surface area contributed by atoms with E-state index in [1.807, 2.05) is 54.4 Å². The van der Waals surface area contributed by atoms with Crippen LogP contribution >= 0.6 is 11.8 Å². The van der Waals surface area contributed by atoms with E-state index in [2.05, 4.69) is 76.3 Å². The highest BCUT2D eigenvalue weighted by Gasteiger charge is 2.32. The van der Waals surface area contributed by atoms with Gasteiger partial charge in [-0.1, -0.05) is 74.5 Å². The fourth-order valence-corrected chi connectivity index (χ4v) is 7.61. The zero-order valence-corrected chi connectivity index (χ0v) is 26.4. The molecule has 9 heteroatoms. The molecule has 1 atom stereocenters. The van der Waals surface area contributed by atoms with Gasteiger partial charge in [0.05, 0.1) is 11.2 Å². The molecule has 0 radical (unpaired) electrons. The van der Waals surface area contributed by atoms with Crippen molar-refractivity contribution in [2.24, 2.45) is 5.41 Å². The van der Waals surface area contributed by atoms with Gasteiger partial charge in [-0.15, -0.1) is 22.0 Å². The first-order valence-corrected chi connectivity index (χ1v) is 16.1. The Bertz CT molecular complexity index is 1920. The van der Waals surface area contributed by atoms with E-state index in [1.54, 1.807) is 0 Å². The minimum atomic E-state index is -0.228. The molecule has 7 rings (SSSR count).